The van der Waals surface area contributed by atoms with E-state index in [1.54, 1.807) is 60.0 Å². The fourth-order valence-corrected chi connectivity index (χ4v) is 14.6. The zero-order chi connectivity index (χ0) is 91.2. The molecule has 9 N–H and O–H groups in total. The molecule has 0 radical (unpaired) electrons. The quantitative estimate of drug-likeness (QED) is 0.0206. The molecule has 4 unspecified atom stereocenters. The van der Waals surface area contributed by atoms with Crippen molar-refractivity contribution in [2.75, 3.05) is 131 Å². The Labute approximate surface area is 721 Å². The van der Waals surface area contributed by atoms with Gasteiger partial charge >= 0.3 is 23.1 Å². The van der Waals surface area contributed by atoms with E-state index in [-0.39, 0.29) is 63.5 Å². The van der Waals surface area contributed by atoms with Crippen LogP contribution in [-0.4, -0.2) is 297 Å². The standard InChI is InChI=1S/C21H19ClO2.2C16H26N2O7.C15H24N2O8.C11H14N2O4.C5H12O3/c1-23-19-12-8-17(9-13-19)21(22,16-6-4-3-5-7-16)18-10-14-20(24-2)15-11-18;2*1-5-11-12(19)13(24-10(7-22-3)8-23-4)15(25-11)18-6-9(2)14(20)17-16(18)21;1-8-4-17(15(21)16-13(8)20)14-12(11(19)10(5-18)25-14)24-9(6-22-2)7-23-3;1-3-6-7(14)8-10(16-6)13-4-5(2)9(15)12-11(13)17-8;1-7-3-5(6)4-8-2/h3-15H,1-2H3;2*6,10-13,15,19H,5,7-8H2,1-4H3,(H,17,20,21);4,9-12,14,18-19H,5-7H2,1-3H3,(H,16,20,21);4,6-8,10,14H,3H2,1-2H3;5-6H,3-4H2,1-2H3/t;2*11-,12?,13+,15-;10-,11?,12+,14-;6-,7?,8-,10-;/m.1111./s1. The maximum atomic E-state index is 12.2. The summed E-state index contributed by atoms with van der Waals surface area (Å²) >= 11 is 7.22. The van der Waals surface area contributed by atoms with Gasteiger partial charge in [0.25, 0.3) is 22.2 Å². The molecule has 40 heteroatoms. The zero-order valence-corrected chi connectivity index (χ0v) is 73.6. The first-order chi connectivity index (χ1) is 59.4. The molecule has 7 aromatic rings. The van der Waals surface area contributed by atoms with Crippen LogP contribution in [0, 0.1) is 27.7 Å². The monoisotopic (exact) mass is 1770 g/mol. The van der Waals surface area contributed by atoms with E-state index in [9.17, 15) is 59.1 Å². The number of hydrogen-bond donors (Lipinski definition) is 9. The highest BCUT2D eigenvalue weighted by molar-refractivity contribution is 6.28. The van der Waals surface area contributed by atoms with Gasteiger partial charge in [-0.2, -0.15) is 4.98 Å². The number of nitrogens with one attached hydrogen (secondary N) is 3. The predicted molar refractivity (Wildman–Crippen MR) is 449 cm³/mol. The van der Waals surface area contributed by atoms with Gasteiger partial charge in [0.15, 0.2) is 31.0 Å². The second-order valence-corrected chi connectivity index (χ2v) is 30.1. The molecule has 124 heavy (non-hydrogen) atoms. The van der Waals surface area contributed by atoms with Gasteiger partial charge in [0.2, 0.25) is 0 Å². The third-order valence-corrected chi connectivity index (χ3v) is 21.2. The Kier molecular flexibility index (Phi) is 41.4. The van der Waals surface area contributed by atoms with E-state index in [2.05, 4.69) is 29.4 Å². The molecule has 39 nitrogen and oxygen atoms in total. The van der Waals surface area contributed by atoms with Crippen LogP contribution in [0.15, 0.2) is 137 Å². The summed E-state index contributed by atoms with van der Waals surface area (Å²) in [5.74, 6) is 1.61. The number of aliphatic hydroxyl groups excluding tert-OH is 6. The van der Waals surface area contributed by atoms with Crippen molar-refractivity contribution in [2.45, 2.75) is 195 Å². The van der Waals surface area contributed by atoms with E-state index >= 15 is 0 Å². The Morgan fingerprint density at radius 2 is 0.726 bits per heavy atom. The summed E-state index contributed by atoms with van der Waals surface area (Å²) in [5.41, 5.74) is 0.891. The van der Waals surface area contributed by atoms with Gasteiger partial charge in [-0.05, 0) is 87.9 Å². The SMILES string of the molecule is CC[C@H]1O[C@@H](n2cc(C)c(=O)[nH]c2=O)[C@@H](OC(COC)COC)C1O.CC[C@H]1O[C@@H](n2cc(C)c(=O)[nH]c2=O)[C@@H](OC(COC)COC)C1O.CC[C@H]1O[C@@H]2[C@H](Oc3nc(=O)c(C)cn32)C1O.COCC(COC)O[C@H]1C(O)[C@@H](CO)O[C@H]1n1cc(C)c(=O)[nH]c1=O.COCC(O)COC.COc1ccc(C(Cl)(c2ccccc2)c2ccc(OC)cc2)cc1. The predicted octanol–water partition coefficient (Wildman–Crippen LogP) is 2.12. The van der Waals surface area contributed by atoms with Crippen LogP contribution in [0.3, 0.4) is 0 Å². The lowest BCUT2D eigenvalue weighted by atomic mass is 9.84. The summed E-state index contributed by atoms with van der Waals surface area (Å²) in [6, 6.07) is 26.0. The smallest absolute Gasteiger partial charge is 0.330 e. The molecule has 4 saturated heterocycles. The highest BCUT2D eigenvalue weighted by atomic mass is 35.5. The third-order valence-electron chi connectivity index (χ3n) is 20.5. The van der Waals surface area contributed by atoms with Gasteiger partial charge in [-0.15, -0.1) is 11.6 Å². The average molecular weight is 1770 g/mol. The number of nitrogens with zero attached hydrogens (tertiary/aromatic N) is 5. The highest BCUT2D eigenvalue weighted by Crippen LogP contribution is 2.45. The molecule has 9 heterocycles. The maximum Gasteiger partial charge on any atom is 0.330 e. The molecular formula is C84H121ClN8O31. The summed E-state index contributed by atoms with van der Waals surface area (Å²) < 4.78 is 102. The van der Waals surface area contributed by atoms with E-state index in [4.69, 9.17) is 92.5 Å². The molecule has 0 spiro atoms. The number of fused-ring (bicyclic) bond motifs is 3. The van der Waals surface area contributed by atoms with Crippen molar-refractivity contribution in [1.29, 1.82) is 0 Å². The highest BCUT2D eigenvalue weighted by Gasteiger charge is 2.52. The van der Waals surface area contributed by atoms with Crippen molar-refractivity contribution in [3.8, 4) is 17.5 Å². The number of H-pyrrole nitrogens is 3. The van der Waals surface area contributed by atoms with Crippen molar-refractivity contribution in [1.82, 2.24) is 38.2 Å². The first-order valence-corrected chi connectivity index (χ1v) is 40.5. The number of aliphatic hydroxyl groups is 6. The van der Waals surface area contributed by atoms with E-state index in [1.165, 1.54) is 77.3 Å². The molecular weight excluding hydrogens is 1650 g/mol. The fourth-order valence-electron chi connectivity index (χ4n) is 14.2. The van der Waals surface area contributed by atoms with Crippen LogP contribution in [0.25, 0.3) is 0 Å². The number of ether oxygens (including phenoxy) is 18. The number of halogens is 1. The molecule has 0 bridgehead atoms. The number of alkyl halides is 1. The first-order valence-electron chi connectivity index (χ1n) is 40.2. The van der Waals surface area contributed by atoms with Crippen molar-refractivity contribution in [2.24, 2.45) is 0 Å². The van der Waals surface area contributed by atoms with Gasteiger partial charge in [-0.1, -0.05) is 75.4 Å². The van der Waals surface area contributed by atoms with E-state index in [0.29, 0.717) is 48.3 Å². The van der Waals surface area contributed by atoms with Crippen molar-refractivity contribution in [3.05, 3.63) is 215 Å². The summed E-state index contributed by atoms with van der Waals surface area (Å²) in [4.78, 5) is 92.4. The Hall–Kier alpha value is -8.57. The van der Waals surface area contributed by atoms with Crippen molar-refractivity contribution < 1.29 is 116 Å². The second-order valence-electron chi connectivity index (χ2n) is 29.5. The van der Waals surface area contributed by atoms with Crippen LogP contribution in [0.4, 0.5) is 0 Å². The topological polar surface area (TPSA) is 487 Å². The van der Waals surface area contributed by atoms with Gasteiger partial charge < -0.3 is 116 Å². The van der Waals surface area contributed by atoms with E-state index < -0.39 is 155 Å². The summed E-state index contributed by atoms with van der Waals surface area (Å²) in [6.07, 6.45) is -6.21. The molecule has 5 aliphatic rings. The molecule has 4 fully saturated rings. The number of rotatable bonds is 34. The number of aryl methyl sites for hydroxylation is 4. The minimum absolute atomic E-state index is 0.202. The molecule has 690 valence electrons. The average Bonchev–Trinajstić information content (AvgIpc) is 1.52. The van der Waals surface area contributed by atoms with Gasteiger partial charge in [-0.3, -0.25) is 52.4 Å². The molecule has 16 atom stereocenters. The molecule has 0 aliphatic carbocycles. The minimum Gasteiger partial charge on any atom is -0.497 e. The van der Waals surface area contributed by atoms with Crippen LogP contribution in [-0.2, 0) is 75.9 Å². The molecule has 0 saturated carbocycles. The molecule has 0 amide bonds. The normalized spacial score (nSPS) is 23.5. The first kappa shape index (κ1) is 103. The second kappa shape index (κ2) is 50.1. The van der Waals surface area contributed by atoms with Crippen molar-refractivity contribution in [3.63, 3.8) is 0 Å². The van der Waals surface area contributed by atoms with Crippen LogP contribution in [0.1, 0.15) is 104 Å². The largest absolute Gasteiger partial charge is 0.497 e. The zero-order valence-electron chi connectivity index (χ0n) is 72.9. The molecule has 4 aromatic heterocycles. The lowest BCUT2D eigenvalue weighted by Crippen LogP contribution is -2.43. The van der Waals surface area contributed by atoms with Gasteiger partial charge in [0.05, 0.1) is 92.0 Å². The van der Waals surface area contributed by atoms with Crippen LogP contribution in [0.5, 0.6) is 17.5 Å². The minimum atomic E-state index is -1.18. The summed E-state index contributed by atoms with van der Waals surface area (Å²) in [5, 5.41) is 59.7. The van der Waals surface area contributed by atoms with Crippen molar-refractivity contribution >= 4 is 11.6 Å². The number of aromatic amines is 3. The van der Waals surface area contributed by atoms with Crippen LogP contribution in [0.2, 0.25) is 0 Å². The van der Waals surface area contributed by atoms with E-state index in [1.807, 2.05) is 99.6 Å². The number of hydrogen-bond acceptors (Lipinski definition) is 32. The molecule has 12 rings (SSSR count). The van der Waals surface area contributed by atoms with E-state index in [0.717, 1.165) is 39.2 Å². The third kappa shape index (κ3) is 26.3. The summed E-state index contributed by atoms with van der Waals surface area (Å²) in [6.45, 7) is 13.8. The molecule has 5 aliphatic heterocycles. The number of methoxy groups -OCH3 is 10. The lowest BCUT2D eigenvalue weighted by Gasteiger charge is -2.29. The van der Waals surface area contributed by atoms with Gasteiger partial charge in [0.1, 0.15) is 89.6 Å². The van der Waals surface area contributed by atoms with Crippen LogP contribution < -0.4 is 53.5 Å². The Morgan fingerprint density at radius 3 is 1.05 bits per heavy atom. The Morgan fingerprint density at radius 1 is 0.419 bits per heavy atom. The van der Waals surface area contributed by atoms with Gasteiger partial charge in [-0.25, -0.2) is 14.4 Å². The fraction of sp³-hybridized carbons (Fsp3) is 0.595. The number of aromatic nitrogens is 8. The van der Waals surface area contributed by atoms with Gasteiger partial charge in [0, 0.05) is 104 Å². The van der Waals surface area contributed by atoms with Crippen LogP contribution >= 0.6 is 11.6 Å². The molecule has 3 aromatic carbocycles. The maximum absolute atomic E-state index is 12.2. The lowest BCUT2D eigenvalue weighted by molar-refractivity contribution is -0.132. The Bertz CT molecular complexity index is 4460. The Balaban J connectivity index is 0.000000209. The number of benzene rings is 3. The summed E-state index contributed by atoms with van der Waals surface area (Å²) in [7, 11) is 15.5.